The molecular formula is C27H37N5O2S. The predicted octanol–water partition coefficient (Wildman–Crippen LogP) is 5.02. The van der Waals surface area contributed by atoms with Crippen LogP contribution in [-0.2, 0) is 0 Å². The molecule has 0 atom stereocenters. The molecule has 2 aliphatic rings. The van der Waals surface area contributed by atoms with Gasteiger partial charge in [0.1, 0.15) is 0 Å². The molecule has 2 aromatic rings. The molecule has 0 unspecified atom stereocenters. The fourth-order valence-corrected chi connectivity index (χ4v) is 5.38. The highest BCUT2D eigenvalue weighted by atomic mass is 32.1. The smallest absolute Gasteiger partial charge is 0.272 e. The van der Waals surface area contributed by atoms with Gasteiger partial charge in [-0.05, 0) is 70.3 Å². The molecule has 0 amide bonds. The van der Waals surface area contributed by atoms with Crippen LogP contribution in [0.15, 0.2) is 42.5 Å². The molecule has 2 aliphatic heterocycles. The molecule has 0 aliphatic carbocycles. The molecule has 0 saturated carbocycles. The van der Waals surface area contributed by atoms with Crippen molar-refractivity contribution in [3.63, 3.8) is 0 Å². The molecule has 0 radical (unpaired) electrons. The van der Waals surface area contributed by atoms with Crippen molar-refractivity contribution < 1.29 is 4.92 Å². The zero-order chi connectivity index (χ0) is 24.8. The lowest BCUT2D eigenvalue weighted by Gasteiger charge is -2.37. The minimum Gasteiger partial charge on any atom is -0.382 e. The summed E-state index contributed by atoms with van der Waals surface area (Å²) >= 11 is 5.77. The van der Waals surface area contributed by atoms with Gasteiger partial charge in [-0.1, -0.05) is 29.9 Å². The predicted molar refractivity (Wildman–Crippen MR) is 148 cm³/mol. The van der Waals surface area contributed by atoms with E-state index in [-0.39, 0.29) is 10.6 Å². The van der Waals surface area contributed by atoms with E-state index in [4.69, 9.17) is 12.2 Å². The minimum atomic E-state index is -0.329. The zero-order valence-corrected chi connectivity index (χ0v) is 21.7. The number of nitrogens with one attached hydrogen (secondary N) is 1. The van der Waals surface area contributed by atoms with Gasteiger partial charge in [0.25, 0.3) is 5.69 Å². The van der Waals surface area contributed by atoms with Crippen LogP contribution in [0.2, 0.25) is 0 Å². The molecule has 8 heteroatoms. The van der Waals surface area contributed by atoms with Crippen molar-refractivity contribution in [3.8, 4) is 0 Å². The molecule has 7 nitrogen and oxygen atoms in total. The molecular weight excluding hydrogens is 458 g/mol. The SMILES string of the molecule is Cc1ccc(N2CCN(CCCC(=S)N3CCC(Nc4ccc([N+](=O)[O-])c(C)c4)CC3)CC2)cc1. The summed E-state index contributed by atoms with van der Waals surface area (Å²) in [5, 5.41) is 14.6. The number of benzene rings is 2. The Labute approximate surface area is 214 Å². The topological polar surface area (TPSA) is 64.9 Å². The van der Waals surface area contributed by atoms with Crippen molar-refractivity contribution in [1.82, 2.24) is 9.80 Å². The van der Waals surface area contributed by atoms with E-state index in [2.05, 4.69) is 51.2 Å². The molecule has 2 saturated heterocycles. The number of hydrogen-bond acceptors (Lipinski definition) is 6. The Morgan fingerprint density at radius 3 is 2.34 bits per heavy atom. The van der Waals surface area contributed by atoms with E-state index in [9.17, 15) is 10.1 Å². The van der Waals surface area contributed by atoms with Crippen LogP contribution in [0.1, 0.15) is 36.8 Å². The van der Waals surface area contributed by atoms with Crippen molar-refractivity contribution in [3.05, 3.63) is 63.7 Å². The number of piperazine rings is 1. The fourth-order valence-electron chi connectivity index (χ4n) is 5.06. The van der Waals surface area contributed by atoms with E-state index in [0.717, 1.165) is 82.2 Å². The monoisotopic (exact) mass is 495 g/mol. The van der Waals surface area contributed by atoms with Crippen LogP contribution >= 0.6 is 12.2 Å². The molecule has 0 bridgehead atoms. The number of piperidine rings is 1. The number of nitrogens with zero attached hydrogens (tertiary/aromatic N) is 4. The third-order valence-electron chi connectivity index (χ3n) is 7.25. The second-order valence-corrected chi connectivity index (χ2v) is 10.3. The van der Waals surface area contributed by atoms with Gasteiger partial charge in [0.15, 0.2) is 0 Å². The first-order valence-electron chi connectivity index (χ1n) is 12.7. The third kappa shape index (κ3) is 6.92. The molecule has 2 heterocycles. The zero-order valence-electron chi connectivity index (χ0n) is 20.9. The van der Waals surface area contributed by atoms with E-state index in [1.165, 1.54) is 11.3 Å². The molecule has 188 valence electrons. The molecule has 2 aromatic carbocycles. The van der Waals surface area contributed by atoms with Gasteiger partial charge in [-0.2, -0.15) is 0 Å². The van der Waals surface area contributed by atoms with E-state index < -0.39 is 0 Å². The van der Waals surface area contributed by atoms with Gasteiger partial charge in [0.05, 0.1) is 9.91 Å². The van der Waals surface area contributed by atoms with Crippen LogP contribution in [0.4, 0.5) is 17.1 Å². The van der Waals surface area contributed by atoms with Gasteiger partial charge in [0.2, 0.25) is 0 Å². The Balaban J connectivity index is 1.13. The standard InChI is InChI=1S/C27H37N5O2S/c1-21-5-8-25(9-6-21)30-18-16-29(17-19-30)13-3-4-27(35)31-14-11-23(12-15-31)28-24-7-10-26(32(33)34)22(2)20-24/h5-10,20,23,28H,3-4,11-19H2,1-2H3. The quantitative estimate of drug-likeness (QED) is 0.313. The summed E-state index contributed by atoms with van der Waals surface area (Å²) < 4.78 is 0. The number of hydrogen-bond donors (Lipinski definition) is 1. The van der Waals surface area contributed by atoms with Gasteiger partial charge < -0.3 is 15.1 Å². The van der Waals surface area contributed by atoms with Crippen LogP contribution in [0.25, 0.3) is 0 Å². The van der Waals surface area contributed by atoms with Crippen molar-refractivity contribution in [2.24, 2.45) is 0 Å². The Morgan fingerprint density at radius 2 is 1.71 bits per heavy atom. The number of nitro benzene ring substituents is 1. The summed E-state index contributed by atoms with van der Waals surface area (Å²) in [6.45, 7) is 11.4. The van der Waals surface area contributed by atoms with Gasteiger partial charge in [-0.3, -0.25) is 15.0 Å². The number of aryl methyl sites for hydroxylation is 2. The van der Waals surface area contributed by atoms with Crippen LogP contribution in [0.3, 0.4) is 0 Å². The number of rotatable bonds is 8. The summed E-state index contributed by atoms with van der Waals surface area (Å²) in [5.41, 5.74) is 4.46. The lowest BCUT2D eigenvalue weighted by Crippen LogP contribution is -2.47. The van der Waals surface area contributed by atoms with Crippen molar-refractivity contribution in [2.75, 3.05) is 56.0 Å². The number of anilines is 2. The van der Waals surface area contributed by atoms with Crippen molar-refractivity contribution in [1.29, 1.82) is 0 Å². The summed E-state index contributed by atoms with van der Waals surface area (Å²) in [6, 6.07) is 14.5. The molecule has 0 aromatic heterocycles. The highest BCUT2D eigenvalue weighted by Crippen LogP contribution is 2.24. The summed E-state index contributed by atoms with van der Waals surface area (Å²) in [7, 11) is 0. The fraction of sp³-hybridized carbons (Fsp3) is 0.519. The maximum atomic E-state index is 11.0. The van der Waals surface area contributed by atoms with Gasteiger partial charge in [-0.25, -0.2) is 0 Å². The molecule has 35 heavy (non-hydrogen) atoms. The number of thiocarbonyl (C=S) groups is 1. The average molecular weight is 496 g/mol. The maximum Gasteiger partial charge on any atom is 0.272 e. The first-order valence-corrected chi connectivity index (χ1v) is 13.1. The highest BCUT2D eigenvalue weighted by molar-refractivity contribution is 7.80. The van der Waals surface area contributed by atoms with Crippen LogP contribution in [-0.4, -0.2) is 71.6 Å². The highest BCUT2D eigenvalue weighted by Gasteiger charge is 2.22. The molecule has 1 N–H and O–H groups in total. The second-order valence-electron chi connectivity index (χ2n) is 9.83. The van der Waals surface area contributed by atoms with E-state index in [0.29, 0.717) is 11.6 Å². The van der Waals surface area contributed by atoms with E-state index in [1.807, 2.05) is 12.1 Å². The Bertz CT molecular complexity index is 1010. The minimum absolute atomic E-state index is 0.170. The maximum absolute atomic E-state index is 11.0. The van der Waals surface area contributed by atoms with E-state index in [1.54, 1.807) is 13.0 Å². The summed E-state index contributed by atoms with van der Waals surface area (Å²) in [5.74, 6) is 0. The lowest BCUT2D eigenvalue weighted by atomic mass is 10.0. The first-order chi connectivity index (χ1) is 16.9. The number of nitro groups is 1. The van der Waals surface area contributed by atoms with Crippen molar-refractivity contribution in [2.45, 2.75) is 45.6 Å². The summed E-state index contributed by atoms with van der Waals surface area (Å²) in [6.07, 6.45) is 4.14. The van der Waals surface area contributed by atoms with Gasteiger partial charge in [0, 0.05) is 68.3 Å². The summed E-state index contributed by atoms with van der Waals surface area (Å²) in [4.78, 5) is 19.2. The van der Waals surface area contributed by atoms with Crippen LogP contribution < -0.4 is 10.2 Å². The van der Waals surface area contributed by atoms with Crippen molar-refractivity contribution >= 4 is 34.3 Å². The lowest BCUT2D eigenvalue weighted by molar-refractivity contribution is -0.385. The van der Waals surface area contributed by atoms with Crippen LogP contribution in [0.5, 0.6) is 0 Å². The Hall–Kier alpha value is -2.71. The Morgan fingerprint density at radius 1 is 1.03 bits per heavy atom. The average Bonchev–Trinajstić information content (AvgIpc) is 2.85. The third-order valence-corrected chi connectivity index (χ3v) is 7.71. The second kappa shape index (κ2) is 11.8. The normalized spacial score (nSPS) is 17.4. The van der Waals surface area contributed by atoms with E-state index >= 15 is 0 Å². The molecule has 0 spiro atoms. The molecule has 2 fully saturated rings. The molecule has 4 rings (SSSR count). The van der Waals surface area contributed by atoms with Gasteiger partial charge >= 0.3 is 0 Å². The number of likely N-dealkylation sites (tertiary alicyclic amines) is 1. The largest absolute Gasteiger partial charge is 0.382 e. The van der Waals surface area contributed by atoms with Gasteiger partial charge in [-0.15, -0.1) is 0 Å². The Kier molecular flexibility index (Phi) is 8.57. The first kappa shape index (κ1) is 25.4. The van der Waals surface area contributed by atoms with Crippen LogP contribution in [0, 0.1) is 24.0 Å².